The molecule has 4 aromatic rings. The molecule has 0 fully saturated rings. The fourth-order valence-corrected chi connectivity index (χ4v) is 4.74. The number of rotatable bonds is 9. The van der Waals surface area contributed by atoms with E-state index in [9.17, 15) is 22.9 Å². The number of nitrogen functional groups attached to an aromatic ring is 1. The van der Waals surface area contributed by atoms with Gasteiger partial charge in [0.1, 0.15) is 22.9 Å². The van der Waals surface area contributed by atoms with Gasteiger partial charge in [-0.25, -0.2) is 14.6 Å². The van der Waals surface area contributed by atoms with E-state index in [1.54, 1.807) is 25.1 Å². The average Bonchev–Trinajstić information content (AvgIpc) is 2.95. The summed E-state index contributed by atoms with van der Waals surface area (Å²) in [6.45, 7) is 3.52. The minimum absolute atomic E-state index is 0.00132. The first kappa shape index (κ1) is 30.2. The molecule has 0 aliphatic carbocycles. The molecule has 4 N–H and O–H groups in total. The molecule has 0 aliphatic rings. The molecule has 13 nitrogen and oxygen atoms in total. The number of aromatic hydroxyl groups is 1. The zero-order valence-electron chi connectivity index (χ0n) is 23.0. The SMILES string of the molecule is COOCc1ccc(C(=O)OC)cc1N=Nc1c(S(=O)(=O)O)cc2cc(C)c(N=Nc3ccc(C)cc3)c(N)c2c1O. The van der Waals surface area contributed by atoms with Gasteiger partial charge in [0.2, 0.25) is 0 Å². The number of carbonyl (C=O) groups is 1. The maximum absolute atomic E-state index is 12.4. The van der Waals surface area contributed by atoms with Crippen molar-refractivity contribution in [3.8, 4) is 5.75 Å². The van der Waals surface area contributed by atoms with Crippen molar-refractivity contribution in [3.63, 3.8) is 0 Å². The Morgan fingerprint density at radius 1 is 0.929 bits per heavy atom. The summed E-state index contributed by atoms with van der Waals surface area (Å²) in [5.74, 6) is -1.33. The predicted molar refractivity (Wildman–Crippen MR) is 154 cm³/mol. The van der Waals surface area contributed by atoms with Crippen LogP contribution >= 0.6 is 0 Å². The number of anilines is 1. The first-order chi connectivity index (χ1) is 19.9. The second kappa shape index (κ2) is 12.4. The number of azo groups is 2. The quantitative estimate of drug-likeness (QED) is 0.0473. The molecule has 4 aromatic carbocycles. The zero-order chi connectivity index (χ0) is 30.6. The molecule has 0 spiro atoms. The number of benzene rings is 4. The third-order valence-corrected chi connectivity index (χ3v) is 7.08. The van der Waals surface area contributed by atoms with Crippen LogP contribution in [-0.2, 0) is 31.2 Å². The Morgan fingerprint density at radius 3 is 2.26 bits per heavy atom. The van der Waals surface area contributed by atoms with Crippen molar-refractivity contribution in [2.75, 3.05) is 20.0 Å². The molecule has 0 aromatic heterocycles. The van der Waals surface area contributed by atoms with Gasteiger partial charge in [0, 0.05) is 5.56 Å². The molecule has 4 rings (SSSR count). The van der Waals surface area contributed by atoms with Crippen LogP contribution in [0.15, 0.2) is 79.9 Å². The van der Waals surface area contributed by atoms with Crippen molar-refractivity contribution in [2.24, 2.45) is 20.5 Å². The minimum Gasteiger partial charge on any atom is -0.505 e. The van der Waals surface area contributed by atoms with Gasteiger partial charge in [0.25, 0.3) is 10.1 Å². The molecular formula is C28H27N5O8S. The molecule has 0 saturated heterocycles. The van der Waals surface area contributed by atoms with Crippen LogP contribution < -0.4 is 5.73 Å². The lowest BCUT2D eigenvalue weighted by Gasteiger charge is -2.14. The van der Waals surface area contributed by atoms with Gasteiger partial charge < -0.3 is 15.6 Å². The van der Waals surface area contributed by atoms with Crippen LogP contribution in [0, 0.1) is 13.8 Å². The van der Waals surface area contributed by atoms with Gasteiger partial charge in [-0.05, 0) is 61.2 Å². The summed E-state index contributed by atoms with van der Waals surface area (Å²) < 4.78 is 39.4. The van der Waals surface area contributed by atoms with Gasteiger partial charge in [-0.2, -0.15) is 13.5 Å². The smallest absolute Gasteiger partial charge is 0.337 e. The Bertz CT molecular complexity index is 1840. The summed E-state index contributed by atoms with van der Waals surface area (Å²) in [4.78, 5) is 20.9. The Labute approximate surface area is 241 Å². The Balaban J connectivity index is 1.91. The van der Waals surface area contributed by atoms with E-state index in [0.717, 1.165) is 11.6 Å². The molecule has 0 unspecified atom stereocenters. The van der Waals surface area contributed by atoms with Crippen LogP contribution in [0.2, 0.25) is 0 Å². The highest BCUT2D eigenvalue weighted by Gasteiger charge is 2.25. The van der Waals surface area contributed by atoms with Crippen molar-refractivity contribution in [1.82, 2.24) is 0 Å². The van der Waals surface area contributed by atoms with Crippen LogP contribution in [-0.4, -0.2) is 38.3 Å². The number of hydrogen-bond donors (Lipinski definition) is 3. The summed E-state index contributed by atoms with van der Waals surface area (Å²) in [7, 11) is -2.39. The monoisotopic (exact) mass is 593 g/mol. The summed E-state index contributed by atoms with van der Waals surface area (Å²) in [5, 5.41) is 28.0. The summed E-state index contributed by atoms with van der Waals surface area (Å²) >= 11 is 0. The number of nitrogens with two attached hydrogens (primary N) is 1. The molecule has 0 amide bonds. The van der Waals surface area contributed by atoms with Crippen LogP contribution in [0.3, 0.4) is 0 Å². The van der Waals surface area contributed by atoms with E-state index < -0.39 is 32.4 Å². The molecule has 0 atom stereocenters. The predicted octanol–water partition coefficient (Wildman–Crippen LogP) is 6.69. The number of hydrogen-bond acceptors (Lipinski definition) is 12. The van der Waals surface area contributed by atoms with E-state index in [0.29, 0.717) is 16.8 Å². The number of esters is 1. The van der Waals surface area contributed by atoms with Gasteiger partial charge in [-0.3, -0.25) is 4.55 Å². The van der Waals surface area contributed by atoms with Gasteiger partial charge >= 0.3 is 5.97 Å². The maximum Gasteiger partial charge on any atom is 0.337 e. The number of phenols is 1. The fraction of sp³-hybridized carbons (Fsp3) is 0.179. The molecule has 14 heteroatoms. The highest BCUT2D eigenvalue weighted by molar-refractivity contribution is 7.86. The Hall–Kier alpha value is -4.76. The van der Waals surface area contributed by atoms with Crippen LogP contribution in [0.25, 0.3) is 10.8 Å². The standard InChI is InChI=1S/C28H27N5O8S/c1-15-5-9-20(10-6-15)30-32-25-16(2)11-19-13-22(42(36,37)38)26(27(34)23(19)24(25)29)33-31-21-12-17(28(35)39-3)7-8-18(21)14-41-40-4/h5-13,34H,14,29H2,1-4H3,(H,36,37,38). The second-order valence-corrected chi connectivity index (χ2v) is 10.5. The molecule has 0 bridgehead atoms. The molecular weight excluding hydrogens is 566 g/mol. The first-order valence-electron chi connectivity index (χ1n) is 12.3. The molecule has 218 valence electrons. The molecule has 42 heavy (non-hydrogen) atoms. The Morgan fingerprint density at radius 2 is 1.62 bits per heavy atom. The Kier molecular flexibility index (Phi) is 8.92. The van der Waals surface area contributed by atoms with Gasteiger partial charge in [0.15, 0.2) is 5.75 Å². The molecule has 0 heterocycles. The molecule has 0 saturated carbocycles. The van der Waals surface area contributed by atoms with Crippen molar-refractivity contribution in [2.45, 2.75) is 25.3 Å². The van der Waals surface area contributed by atoms with Crippen LogP contribution in [0.1, 0.15) is 27.0 Å². The lowest BCUT2D eigenvalue weighted by molar-refractivity contribution is -0.282. The normalized spacial score (nSPS) is 12.0. The third-order valence-electron chi connectivity index (χ3n) is 6.21. The third kappa shape index (κ3) is 6.42. The topological polar surface area (TPSA) is 195 Å². The minimum atomic E-state index is -4.90. The zero-order valence-corrected chi connectivity index (χ0v) is 23.8. The summed E-state index contributed by atoms with van der Waals surface area (Å²) in [6, 6.07) is 14.3. The van der Waals surface area contributed by atoms with Crippen molar-refractivity contribution < 1.29 is 37.4 Å². The number of carbonyl (C=O) groups excluding carboxylic acids is 1. The van der Waals surface area contributed by atoms with Gasteiger partial charge in [-0.15, -0.1) is 15.3 Å². The highest BCUT2D eigenvalue weighted by atomic mass is 32.2. The number of ether oxygens (including phenoxy) is 1. The summed E-state index contributed by atoms with van der Waals surface area (Å²) in [5.41, 5.74) is 8.80. The first-order valence-corrected chi connectivity index (χ1v) is 13.7. The van der Waals surface area contributed by atoms with E-state index in [1.807, 2.05) is 19.1 Å². The lowest BCUT2D eigenvalue weighted by atomic mass is 10.0. The maximum atomic E-state index is 12.4. The molecule has 0 radical (unpaired) electrons. The van der Waals surface area contributed by atoms with Crippen molar-refractivity contribution in [3.05, 3.63) is 76.9 Å². The number of aryl methyl sites for hydroxylation is 2. The average molecular weight is 594 g/mol. The number of methoxy groups -OCH3 is 1. The molecule has 0 aliphatic heterocycles. The highest BCUT2D eigenvalue weighted by Crippen LogP contribution is 2.47. The second-order valence-electron chi connectivity index (χ2n) is 9.10. The summed E-state index contributed by atoms with van der Waals surface area (Å²) in [6.07, 6.45) is 0. The van der Waals surface area contributed by atoms with Crippen molar-refractivity contribution in [1.29, 1.82) is 0 Å². The van der Waals surface area contributed by atoms with Crippen LogP contribution in [0.4, 0.5) is 28.4 Å². The van der Waals surface area contributed by atoms with E-state index >= 15 is 0 Å². The number of phenolic OH excluding ortho intramolecular Hbond substituents is 1. The number of nitrogens with zero attached hydrogens (tertiary/aromatic N) is 4. The number of fused-ring (bicyclic) bond motifs is 1. The fourth-order valence-electron chi connectivity index (χ4n) is 4.08. The van der Waals surface area contributed by atoms with E-state index in [1.165, 1.54) is 32.4 Å². The van der Waals surface area contributed by atoms with E-state index in [4.69, 9.17) is 15.4 Å². The van der Waals surface area contributed by atoms with Gasteiger partial charge in [-0.1, -0.05) is 23.8 Å². The van der Waals surface area contributed by atoms with E-state index in [2.05, 4.69) is 25.3 Å². The van der Waals surface area contributed by atoms with E-state index in [-0.39, 0.29) is 40.0 Å². The van der Waals surface area contributed by atoms with Crippen molar-refractivity contribution >= 4 is 55.3 Å². The van der Waals surface area contributed by atoms with Crippen LogP contribution in [0.5, 0.6) is 5.75 Å². The largest absolute Gasteiger partial charge is 0.505 e. The van der Waals surface area contributed by atoms with Gasteiger partial charge in [0.05, 0.1) is 42.2 Å². The lowest BCUT2D eigenvalue weighted by Crippen LogP contribution is -2.02.